The molecule has 1 N–H and O–H groups in total. The van der Waals surface area contributed by atoms with Gasteiger partial charge in [-0.3, -0.25) is 0 Å². The number of ether oxygens (including phenoxy) is 2. The smallest absolute Gasteiger partial charge is 0.144 e. The van der Waals surface area contributed by atoms with Crippen LogP contribution in [-0.2, 0) is 11.3 Å². The Morgan fingerprint density at radius 3 is 2.86 bits per heavy atom. The SMILES string of the molecule is N#Cc1ccc(OCC(O)COCc2ccco2)cc1F. The summed E-state index contributed by atoms with van der Waals surface area (Å²) >= 11 is 0. The molecule has 0 saturated heterocycles. The first-order chi connectivity index (χ1) is 10.2. The summed E-state index contributed by atoms with van der Waals surface area (Å²) in [5.74, 6) is 0.257. The third-order valence-electron chi connectivity index (χ3n) is 2.64. The summed E-state index contributed by atoms with van der Waals surface area (Å²) in [5, 5.41) is 18.3. The van der Waals surface area contributed by atoms with E-state index in [0.717, 1.165) is 6.07 Å². The summed E-state index contributed by atoms with van der Waals surface area (Å²) in [6.45, 7) is 0.290. The van der Waals surface area contributed by atoms with Crippen molar-refractivity contribution >= 4 is 0 Å². The first-order valence-corrected chi connectivity index (χ1v) is 6.29. The van der Waals surface area contributed by atoms with Crippen LogP contribution in [0.3, 0.4) is 0 Å². The van der Waals surface area contributed by atoms with E-state index in [4.69, 9.17) is 19.2 Å². The number of benzene rings is 1. The van der Waals surface area contributed by atoms with Gasteiger partial charge in [0.2, 0.25) is 0 Å². The van der Waals surface area contributed by atoms with E-state index in [1.807, 2.05) is 0 Å². The Bertz CT molecular complexity index is 607. The molecule has 1 aromatic heterocycles. The van der Waals surface area contributed by atoms with Crippen molar-refractivity contribution in [3.8, 4) is 11.8 Å². The summed E-state index contributed by atoms with van der Waals surface area (Å²) < 4.78 is 28.9. The average Bonchev–Trinajstić information content (AvgIpc) is 2.98. The first kappa shape index (κ1) is 15.0. The van der Waals surface area contributed by atoms with Gasteiger partial charge in [-0.15, -0.1) is 0 Å². The molecule has 0 amide bonds. The van der Waals surface area contributed by atoms with Gasteiger partial charge in [-0.05, 0) is 24.3 Å². The molecule has 1 heterocycles. The fourth-order valence-corrected chi connectivity index (χ4v) is 1.61. The van der Waals surface area contributed by atoms with Gasteiger partial charge in [-0.2, -0.15) is 5.26 Å². The number of hydrogen-bond acceptors (Lipinski definition) is 5. The zero-order valence-corrected chi connectivity index (χ0v) is 11.2. The van der Waals surface area contributed by atoms with Gasteiger partial charge in [-0.1, -0.05) is 0 Å². The molecule has 0 aliphatic carbocycles. The minimum atomic E-state index is -0.848. The number of hydrogen-bond donors (Lipinski definition) is 1. The van der Waals surface area contributed by atoms with Crippen molar-refractivity contribution in [3.63, 3.8) is 0 Å². The van der Waals surface area contributed by atoms with Gasteiger partial charge in [0.15, 0.2) is 0 Å². The van der Waals surface area contributed by atoms with E-state index >= 15 is 0 Å². The van der Waals surface area contributed by atoms with E-state index in [-0.39, 0.29) is 31.1 Å². The molecule has 0 aliphatic rings. The second kappa shape index (κ2) is 7.43. The molecule has 6 heteroatoms. The lowest BCUT2D eigenvalue weighted by Crippen LogP contribution is -2.23. The quantitative estimate of drug-likeness (QED) is 0.846. The van der Waals surface area contributed by atoms with E-state index in [1.165, 1.54) is 18.4 Å². The number of furan rings is 1. The molecule has 0 radical (unpaired) electrons. The van der Waals surface area contributed by atoms with Gasteiger partial charge < -0.3 is 19.0 Å². The molecular formula is C15H14FNO4. The van der Waals surface area contributed by atoms with E-state index < -0.39 is 11.9 Å². The van der Waals surface area contributed by atoms with Crippen molar-refractivity contribution in [2.24, 2.45) is 0 Å². The van der Waals surface area contributed by atoms with Crippen molar-refractivity contribution < 1.29 is 23.4 Å². The topological polar surface area (TPSA) is 75.6 Å². The Morgan fingerprint density at radius 2 is 2.19 bits per heavy atom. The molecule has 21 heavy (non-hydrogen) atoms. The van der Waals surface area contributed by atoms with Crippen LogP contribution in [0.2, 0.25) is 0 Å². The van der Waals surface area contributed by atoms with Crippen LogP contribution in [0.1, 0.15) is 11.3 Å². The highest BCUT2D eigenvalue weighted by Crippen LogP contribution is 2.16. The number of aliphatic hydroxyl groups excluding tert-OH is 1. The largest absolute Gasteiger partial charge is 0.491 e. The Labute approximate surface area is 121 Å². The second-order valence-corrected chi connectivity index (χ2v) is 4.31. The molecule has 0 aliphatic heterocycles. The highest BCUT2D eigenvalue weighted by atomic mass is 19.1. The second-order valence-electron chi connectivity index (χ2n) is 4.31. The molecule has 1 aromatic carbocycles. The maximum absolute atomic E-state index is 13.3. The van der Waals surface area contributed by atoms with Crippen LogP contribution in [0.4, 0.5) is 4.39 Å². The van der Waals surface area contributed by atoms with Crippen molar-refractivity contribution in [1.82, 2.24) is 0 Å². The van der Waals surface area contributed by atoms with Gasteiger partial charge >= 0.3 is 0 Å². The van der Waals surface area contributed by atoms with Gasteiger partial charge in [-0.25, -0.2) is 4.39 Å². The van der Waals surface area contributed by atoms with Crippen LogP contribution in [-0.4, -0.2) is 24.4 Å². The fraction of sp³-hybridized carbons (Fsp3) is 0.267. The lowest BCUT2D eigenvalue weighted by atomic mass is 10.2. The molecule has 2 rings (SSSR count). The van der Waals surface area contributed by atoms with Crippen LogP contribution in [0, 0.1) is 17.1 Å². The number of aliphatic hydroxyl groups is 1. The van der Waals surface area contributed by atoms with E-state index in [1.54, 1.807) is 18.2 Å². The van der Waals surface area contributed by atoms with Crippen molar-refractivity contribution in [2.45, 2.75) is 12.7 Å². The maximum atomic E-state index is 13.3. The summed E-state index contributed by atoms with van der Waals surface area (Å²) in [7, 11) is 0. The van der Waals surface area contributed by atoms with Crippen LogP contribution >= 0.6 is 0 Å². The van der Waals surface area contributed by atoms with Crippen molar-refractivity contribution in [1.29, 1.82) is 5.26 Å². The lowest BCUT2D eigenvalue weighted by Gasteiger charge is -2.12. The van der Waals surface area contributed by atoms with E-state index in [9.17, 15) is 9.50 Å². The Balaban J connectivity index is 1.72. The Kier molecular flexibility index (Phi) is 5.32. The zero-order chi connectivity index (χ0) is 15.1. The van der Waals surface area contributed by atoms with Crippen LogP contribution in [0.25, 0.3) is 0 Å². The third kappa shape index (κ3) is 4.60. The molecule has 1 unspecified atom stereocenters. The average molecular weight is 291 g/mol. The van der Waals surface area contributed by atoms with Crippen LogP contribution in [0.5, 0.6) is 5.75 Å². The Morgan fingerprint density at radius 1 is 1.33 bits per heavy atom. The predicted octanol–water partition coefficient (Wildman–Crippen LogP) is 2.25. The van der Waals surface area contributed by atoms with E-state index in [0.29, 0.717) is 5.76 Å². The molecule has 110 valence electrons. The number of rotatable bonds is 7. The summed E-state index contributed by atoms with van der Waals surface area (Å²) in [5.41, 5.74) is -0.0512. The Hall–Kier alpha value is -2.36. The minimum absolute atomic E-state index is 0.0382. The summed E-state index contributed by atoms with van der Waals surface area (Å²) in [4.78, 5) is 0. The van der Waals surface area contributed by atoms with Gasteiger partial charge in [0.05, 0.1) is 18.4 Å². The normalized spacial score (nSPS) is 11.9. The third-order valence-corrected chi connectivity index (χ3v) is 2.64. The molecule has 0 fully saturated rings. The summed E-state index contributed by atoms with van der Waals surface area (Å²) in [6, 6.07) is 9.13. The molecule has 2 aromatic rings. The van der Waals surface area contributed by atoms with Crippen molar-refractivity contribution in [3.05, 3.63) is 53.7 Å². The molecule has 5 nitrogen and oxygen atoms in total. The zero-order valence-electron chi connectivity index (χ0n) is 11.2. The highest BCUT2D eigenvalue weighted by Gasteiger charge is 2.08. The van der Waals surface area contributed by atoms with Crippen LogP contribution in [0.15, 0.2) is 41.0 Å². The number of nitrogens with zero attached hydrogens (tertiary/aromatic N) is 1. The van der Waals surface area contributed by atoms with Gasteiger partial charge in [0.1, 0.15) is 42.7 Å². The molecule has 0 bridgehead atoms. The fourth-order valence-electron chi connectivity index (χ4n) is 1.61. The lowest BCUT2D eigenvalue weighted by molar-refractivity contribution is 0.000832. The monoisotopic (exact) mass is 291 g/mol. The molecule has 1 atom stereocenters. The summed E-state index contributed by atoms with van der Waals surface area (Å²) in [6.07, 6.45) is 0.691. The van der Waals surface area contributed by atoms with Gasteiger partial charge in [0, 0.05) is 6.07 Å². The first-order valence-electron chi connectivity index (χ1n) is 6.29. The van der Waals surface area contributed by atoms with E-state index in [2.05, 4.69) is 0 Å². The number of nitriles is 1. The molecule has 0 saturated carbocycles. The maximum Gasteiger partial charge on any atom is 0.144 e. The van der Waals surface area contributed by atoms with Gasteiger partial charge in [0.25, 0.3) is 0 Å². The predicted molar refractivity (Wildman–Crippen MR) is 71.0 cm³/mol. The number of halogens is 1. The minimum Gasteiger partial charge on any atom is -0.491 e. The van der Waals surface area contributed by atoms with Crippen molar-refractivity contribution in [2.75, 3.05) is 13.2 Å². The standard InChI is InChI=1S/C15H14FNO4/c16-15-6-13(4-3-11(15)7-17)21-9-12(18)8-19-10-14-2-1-5-20-14/h1-6,12,18H,8-10H2. The molecule has 0 spiro atoms. The highest BCUT2D eigenvalue weighted by molar-refractivity contribution is 5.36. The molecular weight excluding hydrogens is 277 g/mol. The van der Waals surface area contributed by atoms with Crippen LogP contribution < -0.4 is 4.74 Å².